The molecule has 156 valence electrons. The summed E-state index contributed by atoms with van der Waals surface area (Å²) in [6, 6.07) is 21.0. The minimum absolute atomic E-state index is 0.292. The Labute approximate surface area is 179 Å². The summed E-state index contributed by atoms with van der Waals surface area (Å²) in [6.45, 7) is 2.46. The highest BCUT2D eigenvalue weighted by Crippen LogP contribution is 2.36. The van der Waals surface area contributed by atoms with Crippen molar-refractivity contribution in [1.82, 2.24) is 15.6 Å². The molecule has 0 fully saturated rings. The molecule has 1 heterocycles. The maximum absolute atomic E-state index is 12.5. The van der Waals surface area contributed by atoms with Gasteiger partial charge in [-0.1, -0.05) is 42.5 Å². The van der Waals surface area contributed by atoms with Gasteiger partial charge in [0.2, 0.25) is 0 Å². The van der Waals surface area contributed by atoms with Gasteiger partial charge in [-0.2, -0.15) is 10.2 Å². The zero-order valence-electron chi connectivity index (χ0n) is 17.3. The molecule has 0 radical (unpaired) electrons. The van der Waals surface area contributed by atoms with Crippen LogP contribution in [0.4, 0.5) is 0 Å². The van der Waals surface area contributed by atoms with Crippen molar-refractivity contribution in [2.75, 3.05) is 13.7 Å². The van der Waals surface area contributed by atoms with Gasteiger partial charge in [0.05, 0.1) is 31.2 Å². The molecule has 1 aromatic heterocycles. The summed E-state index contributed by atoms with van der Waals surface area (Å²) in [7, 11) is 1.61. The smallest absolute Gasteiger partial charge is 0.289 e. The van der Waals surface area contributed by atoms with E-state index < -0.39 is 5.91 Å². The molecule has 0 bridgehead atoms. The van der Waals surface area contributed by atoms with Gasteiger partial charge in [-0.25, -0.2) is 5.43 Å². The molecule has 3 aromatic carbocycles. The minimum atomic E-state index is -0.400. The molecule has 2 N–H and O–H groups in total. The van der Waals surface area contributed by atoms with E-state index in [0.29, 0.717) is 29.5 Å². The molecule has 0 aliphatic rings. The Morgan fingerprint density at radius 3 is 2.74 bits per heavy atom. The van der Waals surface area contributed by atoms with Crippen LogP contribution in [0.15, 0.2) is 71.8 Å². The number of carbonyl (C=O) groups is 1. The molecule has 0 aliphatic carbocycles. The normalized spacial score (nSPS) is 11.0. The molecule has 0 spiro atoms. The summed E-state index contributed by atoms with van der Waals surface area (Å²) >= 11 is 0. The lowest BCUT2D eigenvalue weighted by Crippen LogP contribution is -2.18. The van der Waals surface area contributed by atoms with Crippen molar-refractivity contribution in [3.05, 3.63) is 78.0 Å². The number of H-pyrrole nitrogens is 1. The van der Waals surface area contributed by atoms with E-state index in [2.05, 4.69) is 20.7 Å². The SMILES string of the molecule is CCOc1ccccc1C=NNC(=O)c1cc(-c2c(OC)ccc3ccccc23)n[nH]1. The van der Waals surface area contributed by atoms with Gasteiger partial charge in [0.15, 0.2) is 0 Å². The Hall–Kier alpha value is -4.13. The molecule has 7 heteroatoms. The second-order valence-corrected chi connectivity index (χ2v) is 6.70. The third-order valence-electron chi connectivity index (χ3n) is 4.78. The van der Waals surface area contributed by atoms with E-state index >= 15 is 0 Å². The van der Waals surface area contributed by atoms with Crippen LogP contribution in [0.1, 0.15) is 23.0 Å². The Kier molecular flexibility index (Phi) is 5.93. The summed E-state index contributed by atoms with van der Waals surface area (Å²) in [4.78, 5) is 12.5. The number of amides is 1. The zero-order valence-corrected chi connectivity index (χ0v) is 17.3. The van der Waals surface area contributed by atoms with Crippen LogP contribution in [-0.2, 0) is 0 Å². The van der Waals surface area contributed by atoms with Crippen molar-refractivity contribution < 1.29 is 14.3 Å². The molecular formula is C24H22N4O3. The Balaban J connectivity index is 1.56. The molecule has 4 aromatic rings. The van der Waals surface area contributed by atoms with Crippen molar-refractivity contribution in [2.24, 2.45) is 5.10 Å². The maximum atomic E-state index is 12.5. The number of hydrazone groups is 1. The number of hydrogen-bond donors (Lipinski definition) is 2. The van der Waals surface area contributed by atoms with Gasteiger partial charge in [-0.15, -0.1) is 0 Å². The van der Waals surface area contributed by atoms with Gasteiger partial charge in [0, 0.05) is 5.56 Å². The number of methoxy groups -OCH3 is 1. The lowest BCUT2D eigenvalue weighted by molar-refractivity contribution is 0.0950. The van der Waals surface area contributed by atoms with E-state index in [4.69, 9.17) is 9.47 Å². The first-order chi connectivity index (χ1) is 15.2. The van der Waals surface area contributed by atoms with Crippen LogP contribution in [0.2, 0.25) is 0 Å². The summed E-state index contributed by atoms with van der Waals surface area (Å²) in [5, 5.41) is 13.2. The number of benzene rings is 3. The molecule has 0 atom stereocenters. The predicted octanol–water partition coefficient (Wildman–Crippen LogP) is 4.40. The van der Waals surface area contributed by atoms with Crippen LogP contribution < -0.4 is 14.9 Å². The topological polar surface area (TPSA) is 88.6 Å². The average Bonchev–Trinajstić information content (AvgIpc) is 3.29. The predicted molar refractivity (Wildman–Crippen MR) is 121 cm³/mol. The number of carbonyl (C=O) groups excluding carboxylic acids is 1. The van der Waals surface area contributed by atoms with Crippen molar-refractivity contribution in [3.8, 4) is 22.8 Å². The third kappa shape index (κ3) is 4.25. The van der Waals surface area contributed by atoms with Gasteiger partial charge >= 0.3 is 0 Å². The van der Waals surface area contributed by atoms with Crippen molar-refractivity contribution in [3.63, 3.8) is 0 Å². The Morgan fingerprint density at radius 2 is 1.90 bits per heavy atom. The van der Waals surface area contributed by atoms with Crippen LogP contribution in [0.3, 0.4) is 0 Å². The number of aromatic nitrogens is 2. The van der Waals surface area contributed by atoms with Gasteiger partial charge in [0.1, 0.15) is 17.2 Å². The first-order valence-electron chi connectivity index (χ1n) is 9.88. The quantitative estimate of drug-likeness (QED) is 0.346. The van der Waals surface area contributed by atoms with Gasteiger partial charge in [-0.05, 0) is 42.0 Å². The lowest BCUT2D eigenvalue weighted by Gasteiger charge is -2.09. The van der Waals surface area contributed by atoms with Gasteiger partial charge in [0.25, 0.3) is 5.91 Å². The fraction of sp³-hybridized carbons (Fsp3) is 0.125. The summed E-state index contributed by atoms with van der Waals surface area (Å²) in [6.07, 6.45) is 1.55. The lowest BCUT2D eigenvalue weighted by atomic mass is 10.0. The number of fused-ring (bicyclic) bond motifs is 1. The fourth-order valence-electron chi connectivity index (χ4n) is 3.35. The van der Waals surface area contributed by atoms with Crippen molar-refractivity contribution >= 4 is 22.9 Å². The first-order valence-corrected chi connectivity index (χ1v) is 9.88. The summed E-state index contributed by atoms with van der Waals surface area (Å²) < 4.78 is 11.1. The van der Waals surface area contributed by atoms with Gasteiger partial charge < -0.3 is 9.47 Å². The molecule has 4 rings (SSSR count). The molecule has 0 aliphatic heterocycles. The second-order valence-electron chi connectivity index (χ2n) is 6.70. The number of nitrogens with one attached hydrogen (secondary N) is 2. The molecule has 31 heavy (non-hydrogen) atoms. The highest BCUT2D eigenvalue weighted by atomic mass is 16.5. The van der Waals surface area contributed by atoms with Crippen molar-refractivity contribution in [2.45, 2.75) is 6.92 Å². The number of nitrogens with zero attached hydrogens (tertiary/aromatic N) is 2. The summed E-state index contributed by atoms with van der Waals surface area (Å²) in [5.74, 6) is 0.987. The molecule has 7 nitrogen and oxygen atoms in total. The molecule has 0 unspecified atom stereocenters. The Bertz CT molecular complexity index is 1250. The Morgan fingerprint density at radius 1 is 1.10 bits per heavy atom. The molecule has 1 amide bonds. The van der Waals surface area contributed by atoms with Crippen LogP contribution in [0, 0.1) is 0 Å². The highest BCUT2D eigenvalue weighted by molar-refractivity contribution is 6.00. The van der Waals surface area contributed by atoms with Crippen LogP contribution >= 0.6 is 0 Å². The first kappa shape index (κ1) is 20.2. The number of para-hydroxylation sites is 1. The van der Waals surface area contributed by atoms with E-state index in [0.717, 1.165) is 21.9 Å². The molecule has 0 saturated heterocycles. The van der Waals surface area contributed by atoms with Crippen LogP contribution in [0.5, 0.6) is 11.5 Å². The largest absolute Gasteiger partial charge is 0.496 e. The van der Waals surface area contributed by atoms with E-state index in [9.17, 15) is 4.79 Å². The number of aromatic amines is 1. The second kappa shape index (κ2) is 9.13. The maximum Gasteiger partial charge on any atom is 0.289 e. The van der Waals surface area contributed by atoms with E-state index in [-0.39, 0.29) is 0 Å². The number of hydrogen-bond acceptors (Lipinski definition) is 5. The molecule has 0 saturated carbocycles. The summed E-state index contributed by atoms with van der Waals surface area (Å²) in [5.41, 5.74) is 5.02. The third-order valence-corrected chi connectivity index (χ3v) is 4.78. The highest BCUT2D eigenvalue weighted by Gasteiger charge is 2.16. The van der Waals surface area contributed by atoms with E-state index in [1.807, 2.05) is 67.6 Å². The van der Waals surface area contributed by atoms with Gasteiger partial charge in [-0.3, -0.25) is 9.89 Å². The fourth-order valence-corrected chi connectivity index (χ4v) is 3.35. The van der Waals surface area contributed by atoms with Crippen LogP contribution in [-0.4, -0.2) is 36.0 Å². The number of rotatable bonds is 7. The monoisotopic (exact) mass is 414 g/mol. The van der Waals surface area contributed by atoms with E-state index in [1.165, 1.54) is 0 Å². The number of ether oxygens (including phenoxy) is 2. The average molecular weight is 414 g/mol. The molecular weight excluding hydrogens is 392 g/mol. The van der Waals surface area contributed by atoms with Crippen LogP contribution in [0.25, 0.3) is 22.0 Å². The minimum Gasteiger partial charge on any atom is -0.496 e. The van der Waals surface area contributed by atoms with Crippen molar-refractivity contribution in [1.29, 1.82) is 0 Å². The standard InChI is InChI=1S/C24H22N4O3/c1-3-31-21-11-7-5-9-17(21)15-25-28-24(29)20-14-19(26-27-20)23-18-10-6-4-8-16(18)12-13-22(23)30-2/h4-15H,3H2,1-2H3,(H,26,27)(H,28,29). The zero-order chi connectivity index (χ0) is 21.6. The van der Waals surface area contributed by atoms with E-state index in [1.54, 1.807) is 19.4 Å².